The molecule has 0 saturated heterocycles. The van der Waals surface area contributed by atoms with Gasteiger partial charge in [0.1, 0.15) is 6.61 Å². The molecule has 29 heavy (non-hydrogen) atoms. The van der Waals surface area contributed by atoms with Gasteiger partial charge in [0.15, 0.2) is 0 Å². The van der Waals surface area contributed by atoms with Gasteiger partial charge in [-0.25, -0.2) is 14.0 Å². The van der Waals surface area contributed by atoms with E-state index in [9.17, 15) is 18.0 Å². The molecule has 152 valence electrons. The van der Waals surface area contributed by atoms with Crippen LogP contribution < -0.4 is 5.69 Å². The van der Waals surface area contributed by atoms with Crippen molar-refractivity contribution in [2.75, 3.05) is 0 Å². The predicted octanol–water partition coefficient (Wildman–Crippen LogP) is 3.99. The molecule has 0 N–H and O–H groups in total. The van der Waals surface area contributed by atoms with Crippen molar-refractivity contribution in [1.29, 1.82) is 0 Å². The van der Waals surface area contributed by atoms with Gasteiger partial charge in [-0.05, 0) is 29.3 Å². The number of alkyl halides is 3. The summed E-state index contributed by atoms with van der Waals surface area (Å²) in [5.74, 6) is 0. The predicted molar refractivity (Wildman–Crippen MR) is 102 cm³/mol. The van der Waals surface area contributed by atoms with Crippen molar-refractivity contribution in [3.05, 3.63) is 81.0 Å². The Morgan fingerprint density at radius 3 is 2.66 bits per heavy atom. The number of para-hydroxylation sites is 1. The van der Waals surface area contributed by atoms with E-state index in [4.69, 9.17) is 16.4 Å². The first-order valence-corrected chi connectivity index (χ1v) is 8.85. The first-order chi connectivity index (χ1) is 13.8. The minimum atomic E-state index is -4.39. The minimum Gasteiger partial charge on any atom is -0.391 e. The maximum atomic E-state index is 12.7. The maximum Gasteiger partial charge on any atom is 0.416 e. The molecule has 0 unspecified atom stereocenters. The fourth-order valence-corrected chi connectivity index (χ4v) is 2.94. The highest BCUT2D eigenvalue weighted by Gasteiger charge is 2.30. The van der Waals surface area contributed by atoms with Crippen LogP contribution in [0.4, 0.5) is 13.2 Å². The van der Waals surface area contributed by atoms with Gasteiger partial charge in [-0.1, -0.05) is 41.6 Å². The van der Waals surface area contributed by atoms with Gasteiger partial charge in [0.05, 0.1) is 11.3 Å². The van der Waals surface area contributed by atoms with E-state index in [-0.39, 0.29) is 18.3 Å². The Kier molecular flexibility index (Phi) is 6.07. The van der Waals surface area contributed by atoms with Crippen LogP contribution in [-0.4, -0.2) is 20.6 Å². The van der Waals surface area contributed by atoms with Crippen LogP contribution in [0.2, 0.25) is 5.28 Å². The molecule has 2 aromatic carbocycles. The summed E-state index contributed by atoms with van der Waals surface area (Å²) in [4.78, 5) is 17.5. The lowest BCUT2D eigenvalue weighted by atomic mass is 10.1. The molecule has 0 atom stereocenters. The lowest BCUT2D eigenvalue weighted by Crippen LogP contribution is -2.22. The summed E-state index contributed by atoms with van der Waals surface area (Å²) in [6.45, 7) is 0.0347. The molecule has 0 amide bonds. The van der Waals surface area contributed by atoms with Crippen molar-refractivity contribution < 1.29 is 18.0 Å². The van der Waals surface area contributed by atoms with Crippen LogP contribution in [0.5, 0.6) is 0 Å². The summed E-state index contributed by atoms with van der Waals surface area (Å²) in [5, 5.41) is 7.68. The van der Waals surface area contributed by atoms with Gasteiger partial charge in [-0.2, -0.15) is 13.2 Å². The summed E-state index contributed by atoms with van der Waals surface area (Å²) in [6, 6.07) is 12.0. The van der Waals surface area contributed by atoms with Gasteiger partial charge >= 0.3 is 11.9 Å². The van der Waals surface area contributed by atoms with E-state index < -0.39 is 17.4 Å². The van der Waals surface area contributed by atoms with Crippen molar-refractivity contribution in [2.45, 2.75) is 19.2 Å². The largest absolute Gasteiger partial charge is 0.416 e. The monoisotopic (exact) mass is 424 g/mol. The standard InChI is InChI=1S/C19H16ClF3N4O2/c1-26-18(28)27(17(20)25-26)16-8-3-2-6-14(16)12-29-24-10-9-13-5-4-7-15(11-13)19(21,22)23/h2-8,10-11H,9,12H2,1H3. The third-order valence-corrected chi connectivity index (χ3v) is 4.31. The summed E-state index contributed by atoms with van der Waals surface area (Å²) in [5.41, 5.74) is 0.484. The number of hydrogen-bond acceptors (Lipinski definition) is 4. The van der Waals surface area contributed by atoms with Crippen LogP contribution in [0.3, 0.4) is 0 Å². The van der Waals surface area contributed by atoms with E-state index in [1.807, 2.05) is 0 Å². The molecule has 0 fully saturated rings. The fourth-order valence-electron chi connectivity index (χ4n) is 2.67. The van der Waals surface area contributed by atoms with Gasteiger partial charge < -0.3 is 4.84 Å². The SMILES string of the molecule is Cn1nc(Cl)n(-c2ccccc2CON=CCc2cccc(C(F)(F)F)c2)c1=O. The van der Waals surface area contributed by atoms with E-state index >= 15 is 0 Å². The Bertz CT molecular complexity index is 1090. The molecular formula is C19H16ClF3N4O2. The lowest BCUT2D eigenvalue weighted by Gasteiger charge is -2.09. The molecule has 0 radical (unpaired) electrons. The van der Waals surface area contributed by atoms with Gasteiger partial charge in [0.2, 0.25) is 5.28 Å². The quantitative estimate of drug-likeness (QED) is 0.444. The van der Waals surface area contributed by atoms with E-state index in [2.05, 4.69) is 10.3 Å². The van der Waals surface area contributed by atoms with Crippen LogP contribution >= 0.6 is 11.6 Å². The number of nitrogens with zero attached hydrogens (tertiary/aromatic N) is 4. The molecule has 1 aromatic heterocycles. The summed E-state index contributed by atoms with van der Waals surface area (Å²) in [7, 11) is 1.49. The molecule has 0 saturated carbocycles. The molecular weight excluding hydrogens is 409 g/mol. The Balaban J connectivity index is 1.67. The van der Waals surface area contributed by atoms with Crippen molar-refractivity contribution in [3.8, 4) is 5.69 Å². The van der Waals surface area contributed by atoms with Crippen LogP contribution in [0, 0.1) is 0 Å². The maximum absolute atomic E-state index is 12.7. The number of aryl methyl sites for hydroxylation is 1. The molecule has 0 aliphatic heterocycles. The Hall–Kier alpha value is -3.07. The Labute approximate surface area is 168 Å². The number of aromatic nitrogens is 3. The molecule has 0 aliphatic carbocycles. The highest BCUT2D eigenvalue weighted by molar-refractivity contribution is 6.28. The number of rotatable bonds is 6. The smallest absolute Gasteiger partial charge is 0.391 e. The summed E-state index contributed by atoms with van der Waals surface area (Å²) < 4.78 is 40.6. The van der Waals surface area contributed by atoms with E-state index in [0.29, 0.717) is 16.8 Å². The second kappa shape index (κ2) is 8.52. The van der Waals surface area contributed by atoms with Gasteiger partial charge in [0.25, 0.3) is 0 Å². The first-order valence-electron chi connectivity index (χ1n) is 8.47. The fraction of sp³-hybridized carbons (Fsp3) is 0.211. The molecule has 3 rings (SSSR count). The summed E-state index contributed by atoms with van der Waals surface area (Å²) in [6.07, 6.45) is -2.83. The number of halogens is 4. The zero-order chi connectivity index (χ0) is 21.0. The van der Waals surface area contributed by atoms with Crippen molar-refractivity contribution in [2.24, 2.45) is 12.2 Å². The van der Waals surface area contributed by atoms with Crippen LogP contribution in [-0.2, 0) is 31.1 Å². The Morgan fingerprint density at radius 1 is 1.21 bits per heavy atom. The van der Waals surface area contributed by atoms with E-state index in [1.54, 1.807) is 30.3 Å². The molecule has 6 nitrogen and oxygen atoms in total. The van der Waals surface area contributed by atoms with Gasteiger partial charge in [-0.3, -0.25) is 0 Å². The highest BCUT2D eigenvalue weighted by atomic mass is 35.5. The van der Waals surface area contributed by atoms with Crippen molar-refractivity contribution in [3.63, 3.8) is 0 Å². The second-order valence-electron chi connectivity index (χ2n) is 6.10. The average Bonchev–Trinajstić information content (AvgIpc) is 2.93. The minimum absolute atomic E-state index is 0.0120. The number of hydrogen-bond donors (Lipinski definition) is 0. The molecule has 10 heteroatoms. The van der Waals surface area contributed by atoms with Crippen LogP contribution in [0.15, 0.2) is 58.5 Å². The summed E-state index contributed by atoms with van der Waals surface area (Å²) >= 11 is 6.03. The number of benzene rings is 2. The molecule has 1 heterocycles. The first kappa shape index (κ1) is 20.7. The van der Waals surface area contributed by atoms with Gasteiger partial charge in [0, 0.05) is 25.2 Å². The topological polar surface area (TPSA) is 61.4 Å². The van der Waals surface area contributed by atoms with E-state index in [1.165, 1.54) is 23.9 Å². The van der Waals surface area contributed by atoms with Crippen LogP contribution in [0.1, 0.15) is 16.7 Å². The number of oxime groups is 1. The molecule has 0 spiro atoms. The molecule has 3 aromatic rings. The average molecular weight is 425 g/mol. The third-order valence-electron chi connectivity index (χ3n) is 4.07. The van der Waals surface area contributed by atoms with Crippen LogP contribution in [0.25, 0.3) is 5.69 Å². The zero-order valence-corrected chi connectivity index (χ0v) is 16.0. The lowest BCUT2D eigenvalue weighted by molar-refractivity contribution is -0.137. The third kappa shape index (κ3) is 4.86. The molecule has 0 bridgehead atoms. The van der Waals surface area contributed by atoms with Gasteiger partial charge in [-0.15, -0.1) is 5.10 Å². The highest BCUT2D eigenvalue weighted by Crippen LogP contribution is 2.29. The normalized spacial score (nSPS) is 11.9. The van der Waals surface area contributed by atoms with Crippen molar-refractivity contribution >= 4 is 17.8 Å². The Morgan fingerprint density at radius 2 is 1.97 bits per heavy atom. The van der Waals surface area contributed by atoms with E-state index in [0.717, 1.165) is 16.8 Å². The van der Waals surface area contributed by atoms with Crippen molar-refractivity contribution in [1.82, 2.24) is 14.3 Å². The second-order valence-corrected chi connectivity index (χ2v) is 6.44. The zero-order valence-electron chi connectivity index (χ0n) is 15.2. The molecule has 0 aliphatic rings.